The second-order valence-electron chi connectivity index (χ2n) is 17.9. The summed E-state index contributed by atoms with van der Waals surface area (Å²) >= 11 is 1.63. The van der Waals surface area contributed by atoms with E-state index in [2.05, 4.69) is 75.1 Å². The van der Waals surface area contributed by atoms with Gasteiger partial charge in [-0.2, -0.15) is 0 Å². The molecule has 14 nitrogen and oxygen atoms in total. The number of hydrogen-bond acceptors (Lipinski definition) is 13. The highest BCUT2D eigenvalue weighted by Gasteiger charge is 2.39. The minimum atomic E-state index is -0.617. The predicted octanol–water partition coefficient (Wildman–Crippen LogP) is 6.56. The summed E-state index contributed by atoms with van der Waals surface area (Å²) in [5.74, 6) is 0.445. The molecule has 66 heavy (non-hydrogen) atoms. The number of thiazole rings is 1. The summed E-state index contributed by atoms with van der Waals surface area (Å²) in [6, 6.07) is 26.1. The van der Waals surface area contributed by atoms with E-state index in [1.165, 1.54) is 0 Å². The van der Waals surface area contributed by atoms with Crippen LogP contribution in [0.3, 0.4) is 0 Å². The van der Waals surface area contributed by atoms with Crippen molar-refractivity contribution < 1.29 is 38.4 Å². The number of nitrogens with zero attached hydrogens (tertiary/aromatic N) is 4. The van der Waals surface area contributed by atoms with Crippen molar-refractivity contribution >= 4 is 39.7 Å². The van der Waals surface area contributed by atoms with Crippen molar-refractivity contribution in [3.05, 3.63) is 95.6 Å². The summed E-state index contributed by atoms with van der Waals surface area (Å²) in [7, 11) is 4.06. The van der Waals surface area contributed by atoms with Gasteiger partial charge in [-0.25, -0.2) is 9.97 Å². The first-order valence-electron chi connectivity index (χ1n) is 22.9. The molecule has 0 aliphatic carbocycles. The molecule has 0 spiro atoms. The zero-order valence-electron chi connectivity index (χ0n) is 39.4. The van der Waals surface area contributed by atoms with Crippen LogP contribution in [0.4, 0.5) is 5.69 Å². The molecule has 0 unspecified atom stereocenters. The molecule has 5 aromatic rings. The number of fused-ring (bicyclic) bond motifs is 1. The van der Waals surface area contributed by atoms with E-state index < -0.39 is 12.1 Å². The number of aliphatic hydroxyl groups excluding tert-OH is 1. The molecule has 0 bridgehead atoms. The topological polar surface area (TPSA) is 157 Å². The van der Waals surface area contributed by atoms with Gasteiger partial charge in [0.25, 0.3) is 0 Å². The lowest BCUT2D eigenvalue weighted by molar-refractivity contribution is -0.128. The first-order chi connectivity index (χ1) is 31.8. The molecule has 3 aromatic carbocycles. The number of pyridine rings is 1. The normalized spacial score (nSPS) is 15.8. The SMILES string of the molecule is Cc1ncsc1-c1ccc(CCNC(=O)[C@@H]2C[C@H](O)CN2C[C@@H](NC(=O)COCCOCCOCCOCCCOc2ccc3nc(-c4ccc(N(C)C)cc4)ccc3c2)C(C)(C)C)cc1. The number of likely N-dealkylation sites (tertiary alicyclic amines) is 1. The van der Waals surface area contributed by atoms with Gasteiger partial charge in [0.1, 0.15) is 12.4 Å². The minimum absolute atomic E-state index is 0.111. The highest BCUT2D eigenvalue weighted by Crippen LogP contribution is 2.29. The fourth-order valence-corrected chi connectivity index (χ4v) is 8.48. The number of β-amino-alcohol motifs (C(OH)–C–C–N with tert-alkyl or cyclic N) is 1. The summed E-state index contributed by atoms with van der Waals surface area (Å²) in [5, 5.41) is 17.8. The van der Waals surface area contributed by atoms with Gasteiger partial charge in [0, 0.05) is 69.4 Å². The average Bonchev–Trinajstić information content (AvgIpc) is 3.91. The van der Waals surface area contributed by atoms with E-state index in [9.17, 15) is 14.7 Å². The van der Waals surface area contributed by atoms with Crippen LogP contribution in [-0.2, 0) is 35.0 Å². The van der Waals surface area contributed by atoms with Crippen LogP contribution >= 0.6 is 11.3 Å². The van der Waals surface area contributed by atoms with Crippen molar-refractivity contribution in [2.24, 2.45) is 5.41 Å². The summed E-state index contributed by atoms with van der Waals surface area (Å²) in [5.41, 5.74) is 8.94. The van der Waals surface area contributed by atoms with Gasteiger partial charge in [-0.15, -0.1) is 11.3 Å². The maximum absolute atomic E-state index is 13.4. The van der Waals surface area contributed by atoms with E-state index in [0.717, 1.165) is 61.7 Å². The molecule has 1 aliphatic rings. The van der Waals surface area contributed by atoms with Gasteiger partial charge in [0.2, 0.25) is 11.8 Å². The Morgan fingerprint density at radius 2 is 1.55 bits per heavy atom. The quantitative estimate of drug-likeness (QED) is 0.0515. The molecule has 6 rings (SSSR count). The molecule has 3 heterocycles. The summed E-state index contributed by atoms with van der Waals surface area (Å²) in [6.07, 6.45) is 1.18. The Labute approximate surface area is 394 Å². The van der Waals surface area contributed by atoms with Crippen molar-refractivity contribution in [2.45, 2.75) is 65.1 Å². The van der Waals surface area contributed by atoms with Crippen molar-refractivity contribution in [2.75, 3.05) is 98.1 Å². The average molecular weight is 925 g/mol. The van der Waals surface area contributed by atoms with Gasteiger partial charge < -0.3 is 44.3 Å². The van der Waals surface area contributed by atoms with Crippen LogP contribution in [-0.4, -0.2) is 143 Å². The fraction of sp³-hybridized carbons (Fsp3) is 0.490. The van der Waals surface area contributed by atoms with Gasteiger partial charge >= 0.3 is 0 Å². The van der Waals surface area contributed by atoms with Crippen LogP contribution in [0.15, 0.2) is 84.4 Å². The number of rotatable bonds is 26. The van der Waals surface area contributed by atoms with Crippen LogP contribution in [0, 0.1) is 12.3 Å². The summed E-state index contributed by atoms with van der Waals surface area (Å²) in [4.78, 5) is 40.7. The smallest absolute Gasteiger partial charge is 0.246 e. The maximum atomic E-state index is 13.4. The number of nitrogens with one attached hydrogen (secondary N) is 2. The number of ether oxygens (including phenoxy) is 5. The van der Waals surface area contributed by atoms with E-state index in [0.29, 0.717) is 78.7 Å². The van der Waals surface area contributed by atoms with E-state index in [4.69, 9.17) is 28.7 Å². The molecule has 0 saturated carbocycles. The number of aryl methyl sites for hydroxylation is 1. The van der Waals surface area contributed by atoms with E-state index >= 15 is 0 Å². The monoisotopic (exact) mass is 924 g/mol. The molecule has 3 N–H and O–H groups in total. The van der Waals surface area contributed by atoms with Gasteiger partial charge in [0.15, 0.2) is 0 Å². The van der Waals surface area contributed by atoms with Crippen molar-refractivity contribution in [1.29, 1.82) is 0 Å². The van der Waals surface area contributed by atoms with Gasteiger partial charge in [-0.05, 0) is 72.7 Å². The van der Waals surface area contributed by atoms with Gasteiger partial charge in [0.05, 0.1) is 85.7 Å². The van der Waals surface area contributed by atoms with E-state index in [-0.39, 0.29) is 36.5 Å². The Kier molecular flexibility index (Phi) is 19.3. The number of aromatic nitrogens is 2. The second kappa shape index (κ2) is 25.2. The molecule has 0 radical (unpaired) electrons. The molecular formula is C51H68N6O8S. The standard InChI is InChI=1S/C51H68N6O8S/c1-36-49(66-35-53-36)39-10-8-37(9-11-39)20-21-52-50(60)46-31-42(58)32-57(46)33-47(51(2,3)4)55-48(59)34-64-29-28-63-27-26-62-25-24-61-22-7-23-65-43-17-19-45-40(30-43)14-18-44(54-45)38-12-15-41(16-13-38)56(5)6/h8-19,30,35,42,46-47,58H,7,20-29,31-34H2,1-6H3,(H,52,60)(H,55,59)/t42-,46-,47+/m0/s1. The lowest BCUT2D eigenvalue weighted by Gasteiger charge is -2.36. The highest BCUT2D eigenvalue weighted by atomic mass is 32.1. The molecule has 3 atom stereocenters. The second-order valence-corrected chi connectivity index (χ2v) is 18.8. The van der Waals surface area contributed by atoms with Crippen molar-refractivity contribution in [3.8, 4) is 27.4 Å². The number of aliphatic hydroxyl groups is 1. The van der Waals surface area contributed by atoms with Crippen LogP contribution in [0.5, 0.6) is 5.75 Å². The number of hydrogen-bond donors (Lipinski definition) is 3. The molecule has 15 heteroatoms. The zero-order valence-corrected chi connectivity index (χ0v) is 40.2. The van der Waals surface area contributed by atoms with Crippen LogP contribution < -0.4 is 20.3 Å². The molecule has 2 aromatic heterocycles. The largest absolute Gasteiger partial charge is 0.493 e. The van der Waals surface area contributed by atoms with E-state index in [1.807, 2.05) is 76.5 Å². The molecule has 1 saturated heterocycles. The third kappa shape index (κ3) is 15.5. The Hall–Kier alpha value is -5.00. The molecule has 356 valence electrons. The predicted molar refractivity (Wildman–Crippen MR) is 261 cm³/mol. The van der Waals surface area contributed by atoms with Crippen molar-refractivity contribution in [1.82, 2.24) is 25.5 Å². The van der Waals surface area contributed by atoms with Crippen LogP contribution in [0.2, 0.25) is 0 Å². The molecule has 1 fully saturated rings. The Morgan fingerprint density at radius 1 is 0.864 bits per heavy atom. The lowest BCUT2D eigenvalue weighted by Crippen LogP contribution is -2.54. The minimum Gasteiger partial charge on any atom is -0.493 e. The van der Waals surface area contributed by atoms with Gasteiger partial charge in [-0.1, -0.05) is 63.2 Å². The third-order valence-electron chi connectivity index (χ3n) is 11.5. The first kappa shape index (κ1) is 50.4. The first-order valence-corrected chi connectivity index (χ1v) is 23.8. The number of anilines is 1. The third-order valence-corrected chi connectivity index (χ3v) is 12.5. The number of amides is 2. The summed E-state index contributed by atoms with van der Waals surface area (Å²) < 4.78 is 28.5. The fourth-order valence-electron chi connectivity index (χ4n) is 7.67. The molecule has 1 aliphatic heterocycles. The molecule has 2 amide bonds. The lowest BCUT2D eigenvalue weighted by atomic mass is 9.86. The number of carbonyl (C=O) groups excluding carboxylic acids is 2. The Morgan fingerprint density at radius 3 is 2.21 bits per heavy atom. The van der Waals surface area contributed by atoms with Crippen LogP contribution in [0.1, 0.15) is 44.9 Å². The molecular weight excluding hydrogens is 857 g/mol. The van der Waals surface area contributed by atoms with E-state index in [1.54, 1.807) is 11.3 Å². The summed E-state index contributed by atoms with van der Waals surface area (Å²) in [6.45, 7) is 12.8. The Bertz CT molecular complexity index is 2270. The van der Waals surface area contributed by atoms with Gasteiger partial charge in [-0.3, -0.25) is 14.5 Å². The Balaban J connectivity index is 0.773. The highest BCUT2D eigenvalue weighted by molar-refractivity contribution is 7.13. The zero-order chi connectivity index (χ0) is 46.9. The van der Waals surface area contributed by atoms with Crippen LogP contribution in [0.25, 0.3) is 32.6 Å². The number of benzene rings is 3. The maximum Gasteiger partial charge on any atom is 0.246 e. The number of carbonyl (C=O) groups is 2. The van der Waals surface area contributed by atoms with Crippen molar-refractivity contribution in [3.63, 3.8) is 0 Å².